The fourth-order valence-electron chi connectivity index (χ4n) is 7.51. The Morgan fingerprint density at radius 1 is 0.589 bits per heavy atom. The summed E-state index contributed by atoms with van der Waals surface area (Å²) in [6.07, 6.45) is -13.1. The highest BCUT2D eigenvalue weighted by molar-refractivity contribution is 6.31. The molecule has 0 radical (unpaired) electrons. The number of hydrogen-bond acceptors (Lipinski definition) is 12. The second-order valence-electron chi connectivity index (χ2n) is 14.0. The molecule has 6 rings (SSSR count). The van der Waals surface area contributed by atoms with Crippen LogP contribution in [0, 0.1) is 0 Å². The first kappa shape index (κ1) is 42.3. The predicted molar refractivity (Wildman–Crippen MR) is 207 cm³/mol. The molecule has 56 heavy (non-hydrogen) atoms. The third-order valence-electron chi connectivity index (χ3n) is 10.4. The number of aliphatic hydroxyl groups excluding tert-OH is 8. The lowest BCUT2D eigenvalue weighted by Crippen LogP contribution is -2.55. The van der Waals surface area contributed by atoms with Crippen LogP contribution in [-0.2, 0) is 15.9 Å². The van der Waals surface area contributed by atoms with Gasteiger partial charge in [0.05, 0.1) is 26.4 Å². The van der Waals surface area contributed by atoms with Crippen LogP contribution in [0.1, 0.15) is 70.9 Å². The molecule has 2 heterocycles. The first-order valence-electron chi connectivity index (χ1n) is 18.6. The smallest absolute Gasteiger partial charge is 0.123 e. The quantitative estimate of drug-likeness (QED) is 0.0915. The van der Waals surface area contributed by atoms with Gasteiger partial charge < -0.3 is 59.8 Å². The Morgan fingerprint density at radius 2 is 1.14 bits per heavy atom. The summed E-state index contributed by atoms with van der Waals surface area (Å²) < 4.78 is 23.7. The predicted octanol–water partition coefficient (Wildman–Crippen LogP) is 3.59. The number of ether oxygens (including phenoxy) is 4. The fraction of sp³-hybridized carbons (Fsp3) is 0.429. The van der Waals surface area contributed by atoms with Gasteiger partial charge in [-0.25, -0.2) is 0 Å². The third-order valence-corrected chi connectivity index (χ3v) is 11.2. The van der Waals surface area contributed by atoms with Crippen LogP contribution in [0.2, 0.25) is 10.0 Å². The lowest BCUT2D eigenvalue weighted by molar-refractivity contribution is -0.231. The molecular weight excluding hydrogens is 767 g/mol. The van der Waals surface area contributed by atoms with E-state index in [-0.39, 0.29) is 0 Å². The fourth-order valence-corrected chi connectivity index (χ4v) is 7.92. The largest absolute Gasteiger partial charge is 0.494 e. The van der Waals surface area contributed by atoms with Crippen molar-refractivity contribution in [2.45, 2.75) is 87.2 Å². The molecule has 0 spiro atoms. The van der Waals surface area contributed by atoms with Crippen molar-refractivity contribution in [2.24, 2.45) is 0 Å². The van der Waals surface area contributed by atoms with Gasteiger partial charge in [-0.2, -0.15) is 0 Å². The molecule has 0 saturated carbocycles. The monoisotopic (exact) mass is 814 g/mol. The Morgan fingerprint density at radius 3 is 1.70 bits per heavy atom. The van der Waals surface area contributed by atoms with Crippen LogP contribution in [0.3, 0.4) is 0 Å². The van der Waals surface area contributed by atoms with Crippen molar-refractivity contribution in [3.05, 3.63) is 128 Å². The Labute approximate surface area is 335 Å². The topological polar surface area (TPSA) is 199 Å². The van der Waals surface area contributed by atoms with Gasteiger partial charge in [0.25, 0.3) is 0 Å². The van der Waals surface area contributed by atoms with Crippen molar-refractivity contribution in [3.63, 3.8) is 0 Å². The zero-order valence-corrected chi connectivity index (χ0v) is 32.4. The molecule has 0 aromatic heterocycles. The number of hydrogen-bond donors (Lipinski definition) is 8. The van der Waals surface area contributed by atoms with E-state index >= 15 is 0 Å². The van der Waals surface area contributed by atoms with Crippen molar-refractivity contribution in [2.75, 3.05) is 26.4 Å². The van der Waals surface area contributed by atoms with Crippen molar-refractivity contribution in [1.29, 1.82) is 0 Å². The minimum absolute atomic E-state index is 0.318. The summed E-state index contributed by atoms with van der Waals surface area (Å²) in [7, 11) is 0. The maximum atomic E-state index is 11.0. The van der Waals surface area contributed by atoms with Gasteiger partial charge in [-0.15, -0.1) is 0 Å². The summed E-state index contributed by atoms with van der Waals surface area (Å²) in [4.78, 5) is 0. The number of benzene rings is 4. The van der Waals surface area contributed by atoms with Crippen molar-refractivity contribution >= 4 is 23.2 Å². The van der Waals surface area contributed by atoms with E-state index < -0.39 is 80.2 Å². The standard InChI is InChI=1S/C42H48Cl2O12/c1-3-53-26-10-6-22(7-11-26)34(27-18-24(9-13-30(27)44)42-40(52)38(50)36(48)33(20-46)56-42)28-16-21(5-14-31(28)54-4-2)15-25-17-23(8-12-29(25)43)41-39(51)37(49)35(47)32(19-45)55-41/h5-14,16-18,32-42,45-52H,3-4,15,19-20H2,1-2H3/t32-,33-,34?,35-,36-,37+,38+,39-,40-,41+,42+/m1/s1. The molecule has 8 N–H and O–H groups in total. The Hall–Kier alpha value is -3.34. The highest BCUT2D eigenvalue weighted by atomic mass is 35.5. The second-order valence-corrected chi connectivity index (χ2v) is 14.9. The summed E-state index contributed by atoms with van der Waals surface area (Å²) in [6, 6.07) is 23.5. The molecule has 12 nitrogen and oxygen atoms in total. The first-order valence-corrected chi connectivity index (χ1v) is 19.3. The van der Waals surface area contributed by atoms with E-state index in [1.807, 2.05) is 56.3 Å². The van der Waals surface area contributed by atoms with E-state index in [0.29, 0.717) is 63.4 Å². The van der Waals surface area contributed by atoms with Gasteiger partial charge in [0.2, 0.25) is 0 Å². The Balaban J connectivity index is 1.44. The maximum absolute atomic E-state index is 11.0. The van der Waals surface area contributed by atoms with Crippen LogP contribution in [0.25, 0.3) is 0 Å². The average molecular weight is 816 g/mol. The molecule has 2 aliphatic rings. The van der Waals surface area contributed by atoms with E-state index in [1.165, 1.54) is 0 Å². The van der Waals surface area contributed by atoms with Gasteiger partial charge in [0.15, 0.2) is 0 Å². The number of aliphatic hydroxyl groups is 8. The Kier molecular flexibility index (Phi) is 14.0. The van der Waals surface area contributed by atoms with E-state index in [1.54, 1.807) is 36.4 Å². The third kappa shape index (κ3) is 8.73. The number of rotatable bonds is 13. The molecule has 14 heteroatoms. The van der Waals surface area contributed by atoms with E-state index in [2.05, 4.69) is 0 Å². The molecule has 4 aromatic rings. The highest BCUT2D eigenvalue weighted by Gasteiger charge is 2.45. The summed E-state index contributed by atoms with van der Waals surface area (Å²) in [5, 5.41) is 84.1. The number of halogens is 2. The minimum Gasteiger partial charge on any atom is -0.494 e. The minimum atomic E-state index is -1.57. The van der Waals surface area contributed by atoms with Gasteiger partial charge in [-0.3, -0.25) is 0 Å². The normalized spacial score (nSPS) is 28.5. The lowest BCUT2D eigenvalue weighted by atomic mass is 9.81. The van der Waals surface area contributed by atoms with Crippen LogP contribution in [0.4, 0.5) is 0 Å². The second kappa shape index (κ2) is 18.5. The molecule has 2 saturated heterocycles. The van der Waals surface area contributed by atoms with Crippen LogP contribution in [0.5, 0.6) is 11.5 Å². The van der Waals surface area contributed by atoms with Crippen LogP contribution in [0.15, 0.2) is 78.9 Å². The van der Waals surface area contributed by atoms with E-state index in [0.717, 1.165) is 16.7 Å². The summed E-state index contributed by atoms with van der Waals surface area (Å²) in [5.74, 6) is 0.676. The first-order chi connectivity index (χ1) is 26.9. The van der Waals surface area contributed by atoms with Crippen molar-refractivity contribution in [1.82, 2.24) is 0 Å². The molecule has 1 unspecified atom stereocenters. The van der Waals surface area contributed by atoms with Gasteiger partial charge in [-0.05, 0) is 84.0 Å². The molecule has 2 fully saturated rings. The SMILES string of the molecule is CCOc1ccc(C(c2cc([C@@H]3O[C@H](CO)[C@@H](O)[C@H](O)[C@H]3O)ccc2Cl)c2cc(Cc3cc([C@@H]4O[C@H](CO)[C@@H](O)[C@H](O)[C@H]4O)ccc3Cl)ccc2OCC)cc1. The lowest BCUT2D eigenvalue weighted by Gasteiger charge is -2.40. The van der Waals surface area contributed by atoms with Gasteiger partial charge in [0, 0.05) is 21.5 Å². The van der Waals surface area contributed by atoms with E-state index in [4.69, 9.17) is 42.1 Å². The molecule has 302 valence electrons. The maximum Gasteiger partial charge on any atom is 0.123 e. The molecule has 11 atom stereocenters. The summed E-state index contributed by atoms with van der Waals surface area (Å²) in [6.45, 7) is 3.48. The van der Waals surface area contributed by atoms with Gasteiger partial charge in [-0.1, -0.05) is 71.7 Å². The zero-order chi connectivity index (χ0) is 40.3. The molecule has 4 aromatic carbocycles. The summed E-state index contributed by atoms with van der Waals surface area (Å²) in [5.41, 5.74) is 4.64. The van der Waals surface area contributed by atoms with Crippen molar-refractivity contribution < 1.29 is 59.8 Å². The molecule has 2 aliphatic heterocycles. The highest BCUT2D eigenvalue weighted by Crippen LogP contribution is 2.44. The molecule has 0 aliphatic carbocycles. The van der Waals surface area contributed by atoms with Crippen LogP contribution < -0.4 is 9.47 Å². The van der Waals surface area contributed by atoms with Gasteiger partial charge in [0.1, 0.15) is 72.5 Å². The van der Waals surface area contributed by atoms with Gasteiger partial charge >= 0.3 is 0 Å². The Bertz CT molecular complexity index is 1920. The summed E-state index contributed by atoms with van der Waals surface area (Å²) >= 11 is 13.8. The molecule has 0 bridgehead atoms. The van der Waals surface area contributed by atoms with Crippen LogP contribution in [-0.4, -0.2) is 116 Å². The average Bonchev–Trinajstić information content (AvgIpc) is 3.20. The van der Waals surface area contributed by atoms with Crippen LogP contribution >= 0.6 is 23.2 Å². The van der Waals surface area contributed by atoms with Crippen molar-refractivity contribution in [3.8, 4) is 11.5 Å². The van der Waals surface area contributed by atoms with E-state index in [9.17, 15) is 40.9 Å². The molecular formula is C42H48Cl2O12. The molecule has 0 amide bonds. The zero-order valence-electron chi connectivity index (χ0n) is 30.9.